The summed E-state index contributed by atoms with van der Waals surface area (Å²) in [6.45, 7) is 0.755. The Balaban J connectivity index is 1.69. The minimum atomic E-state index is 0.151. The van der Waals surface area contributed by atoms with E-state index in [0.29, 0.717) is 12.1 Å². The van der Waals surface area contributed by atoms with Gasteiger partial charge in [-0.2, -0.15) is 0 Å². The second-order valence-corrected chi connectivity index (χ2v) is 5.04. The summed E-state index contributed by atoms with van der Waals surface area (Å²) in [7, 11) is 0. The number of nitrogens with two attached hydrogens (primary N) is 1. The Morgan fingerprint density at radius 3 is 3.05 bits per heavy atom. The summed E-state index contributed by atoms with van der Waals surface area (Å²) in [5.74, 6) is 0.151. The molecule has 2 N–H and O–H groups in total. The first-order chi connectivity index (χ1) is 9.74. The van der Waals surface area contributed by atoms with Crippen molar-refractivity contribution in [1.82, 2.24) is 4.98 Å². The molecule has 0 spiro atoms. The van der Waals surface area contributed by atoms with E-state index in [1.54, 1.807) is 6.20 Å². The van der Waals surface area contributed by atoms with E-state index in [4.69, 9.17) is 5.73 Å². The Kier molecular flexibility index (Phi) is 3.37. The van der Waals surface area contributed by atoms with Crippen LogP contribution in [0.25, 0.3) is 0 Å². The van der Waals surface area contributed by atoms with Crippen LogP contribution < -0.4 is 10.6 Å². The first kappa shape index (κ1) is 12.7. The molecule has 0 aliphatic carbocycles. The third-order valence-electron chi connectivity index (χ3n) is 3.66. The number of nitrogens with zero attached hydrogens (tertiary/aromatic N) is 2. The monoisotopic (exact) mass is 267 g/mol. The predicted molar refractivity (Wildman–Crippen MR) is 79.5 cm³/mol. The number of fused-ring (bicyclic) bond motifs is 1. The number of nitrogen functional groups attached to an aromatic ring is 1. The van der Waals surface area contributed by atoms with E-state index in [1.165, 1.54) is 5.56 Å². The highest BCUT2D eigenvalue weighted by Gasteiger charge is 2.24. The molecular formula is C16H17N3O. The molecular weight excluding hydrogens is 250 g/mol. The minimum absolute atomic E-state index is 0.151. The lowest BCUT2D eigenvalue weighted by Gasteiger charge is -2.17. The molecule has 4 nitrogen and oxygen atoms in total. The third-order valence-corrected chi connectivity index (χ3v) is 3.66. The predicted octanol–water partition coefficient (Wildman–Crippen LogP) is 2.19. The van der Waals surface area contributed by atoms with Crippen LogP contribution in [-0.4, -0.2) is 17.4 Å². The molecule has 0 radical (unpaired) electrons. The van der Waals surface area contributed by atoms with Gasteiger partial charge in [0.2, 0.25) is 5.91 Å². The molecule has 0 saturated carbocycles. The van der Waals surface area contributed by atoms with E-state index in [9.17, 15) is 4.79 Å². The largest absolute Gasteiger partial charge is 0.399 e. The Morgan fingerprint density at radius 2 is 2.25 bits per heavy atom. The van der Waals surface area contributed by atoms with Gasteiger partial charge in [0.1, 0.15) is 0 Å². The van der Waals surface area contributed by atoms with E-state index < -0.39 is 0 Å². The van der Waals surface area contributed by atoms with Gasteiger partial charge in [-0.25, -0.2) is 0 Å². The smallest absolute Gasteiger partial charge is 0.227 e. The Bertz CT molecular complexity index is 625. The molecule has 0 atom stereocenters. The fourth-order valence-electron chi connectivity index (χ4n) is 2.59. The Morgan fingerprint density at radius 1 is 1.35 bits per heavy atom. The SMILES string of the molecule is Nc1ccc2c(c1)N(C(=O)CCc1cccnc1)CC2. The molecule has 20 heavy (non-hydrogen) atoms. The van der Waals surface area contributed by atoms with Crippen LogP contribution in [0.5, 0.6) is 0 Å². The molecule has 4 heteroatoms. The van der Waals surface area contributed by atoms with E-state index in [1.807, 2.05) is 41.4 Å². The second kappa shape index (κ2) is 5.33. The molecule has 1 aromatic carbocycles. The van der Waals surface area contributed by atoms with E-state index in [2.05, 4.69) is 4.98 Å². The normalized spacial score (nSPS) is 13.3. The lowest BCUT2D eigenvalue weighted by atomic mass is 10.1. The molecule has 102 valence electrons. The van der Waals surface area contributed by atoms with E-state index in [0.717, 1.165) is 30.6 Å². The van der Waals surface area contributed by atoms with Crippen molar-refractivity contribution >= 4 is 17.3 Å². The third kappa shape index (κ3) is 2.50. The summed E-state index contributed by atoms with van der Waals surface area (Å²) in [6, 6.07) is 9.69. The number of rotatable bonds is 3. The summed E-state index contributed by atoms with van der Waals surface area (Å²) in [6.07, 6.45) is 5.68. The van der Waals surface area contributed by atoms with Crippen LogP contribution in [0.1, 0.15) is 17.5 Å². The van der Waals surface area contributed by atoms with Crippen LogP contribution in [0.2, 0.25) is 0 Å². The molecule has 2 heterocycles. The molecule has 1 aliphatic rings. The van der Waals surface area contributed by atoms with Crippen LogP contribution >= 0.6 is 0 Å². The van der Waals surface area contributed by atoms with Gasteiger partial charge in [-0.1, -0.05) is 12.1 Å². The number of carbonyl (C=O) groups excluding carboxylic acids is 1. The summed E-state index contributed by atoms with van der Waals surface area (Å²) in [4.78, 5) is 18.3. The number of hydrogen-bond donors (Lipinski definition) is 1. The summed E-state index contributed by atoms with van der Waals surface area (Å²) in [5.41, 5.74) is 9.78. The number of benzene rings is 1. The topological polar surface area (TPSA) is 59.2 Å². The van der Waals surface area contributed by atoms with Gasteiger partial charge in [-0.05, 0) is 42.2 Å². The summed E-state index contributed by atoms with van der Waals surface area (Å²) < 4.78 is 0. The number of amides is 1. The molecule has 1 aliphatic heterocycles. The highest BCUT2D eigenvalue weighted by Crippen LogP contribution is 2.30. The van der Waals surface area contributed by atoms with E-state index >= 15 is 0 Å². The number of hydrogen-bond acceptors (Lipinski definition) is 3. The second-order valence-electron chi connectivity index (χ2n) is 5.04. The van der Waals surface area contributed by atoms with Gasteiger partial charge in [-0.3, -0.25) is 9.78 Å². The average molecular weight is 267 g/mol. The molecule has 1 aromatic heterocycles. The lowest BCUT2D eigenvalue weighted by Crippen LogP contribution is -2.29. The first-order valence-corrected chi connectivity index (χ1v) is 6.82. The maximum Gasteiger partial charge on any atom is 0.227 e. The minimum Gasteiger partial charge on any atom is -0.399 e. The zero-order valence-corrected chi connectivity index (χ0v) is 11.2. The molecule has 2 aromatic rings. The van der Waals surface area contributed by atoms with Crippen LogP contribution in [0.4, 0.5) is 11.4 Å². The quantitative estimate of drug-likeness (QED) is 0.867. The van der Waals surface area contributed by atoms with Gasteiger partial charge in [-0.15, -0.1) is 0 Å². The molecule has 0 fully saturated rings. The number of aromatic nitrogens is 1. The number of carbonyl (C=O) groups is 1. The molecule has 3 rings (SSSR count). The van der Waals surface area contributed by atoms with Gasteiger partial charge in [0.25, 0.3) is 0 Å². The van der Waals surface area contributed by atoms with Crippen molar-refractivity contribution < 1.29 is 4.79 Å². The number of pyridine rings is 1. The Labute approximate surface area is 118 Å². The van der Waals surface area contributed by atoms with Crippen molar-refractivity contribution in [3.05, 3.63) is 53.9 Å². The van der Waals surface area contributed by atoms with Gasteiger partial charge < -0.3 is 10.6 Å². The average Bonchev–Trinajstić information content (AvgIpc) is 2.89. The Hall–Kier alpha value is -2.36. The summed E-state index contributed by atoms with van der Waals surface area (Å²) in [5, 5.41) is 0. The number of anilines is 2. The lowest BCUT2D eigenvalue weighted by molar-refractivity contribution is -0.118. The maximum absolute atomic E-state index is 12.4. The highest BCUT2D eigenvalue weighted by atomic mass is 16.2. The van der Waals surface area contributed by atoms with Gasteiger partial charge >= 0.3 is 0 Å². The van der Waals surface area contributed by atoms with Gasteiger partial charge in [0.15, 0.2) is 0 Å². The van der Waals surface area contributed by atoms with Crippen molar-refractivity contribution in [1.29, 1.82) is 0 Å². The fraction of sp³-hybridized carbons (Fsp3) is 0.250. The number of aryl methyl sites for hydroxylation is 1. The van der Waals surface area contributed by atoms with Crippen molar-refractivity contribution in [2.45, 2.75) is 19.3 Å². The van der Waals surface area contributed by atoms with Crippen molar-refractivity contribution in [2.24, 2.45) is 0 Å². The van der Waals surface area contributed by atoms with Gasteiger partial charge in [0.05, 0.1) is 0 Å². The van der Waals surface area contributed by atoms with E-state index in [-0.39, 0.29) is 5.91 Å². The van der Waals surface area contributed by atoms with Crippen LogP contribution in [0.15, 0.2) is 42.7 Å². The van der Waals surface area contributed by atoms with Crippen LogP contribution in [0, 0.1) is 0 Å². The zero-order valence-electron chi connectivity index (χ0n) is 11.2. The molecule has 0 unspecified atom stereocenters. The molecule has 0 bridgehead atoms. The van der Waals surface area contributed by atoms with Crippen molar-refractivity contribution in [3.8, 4) is 0 Å². The maximum atomic E-state index is 12.4. The standard InChI is InChI=1S/C16H17N3O/c17-14-5-4-13-7-9-19(15(13)10-14)16(20)6-3-12-2-1-8-18-11-12/h1-2,4-5,8,10-11H,3,6-7,9,17H2. The molecule has 1 amide bonds. The van der Waals surface area contributed by atoms with Crippen LogP contribution in [0.3, 0.4) is 0 Å². The first-order valence-electron chi connectivity index (χ1n) is 6.82. The van der Waals surface area contributed by atoms with Crippen LogP contribution in [-0.2, 0) is 17.6 Å². The fourth-order valence-corrected chi connectivity index (χ4v) is 2.59. The summed E-state index contributed by atoms with van der Waals surface area (Å²) >= 11 is 0. The molecule has 0 saturated heterocycles. The van der Waals surface area contributed by atoms with Crippen molar-refractivity contribution in [2.75, 3.05) is 17.2 Å². The van der Waals surface area contributed by atoms with Crippen molar-refractivity contribution in [3.63, 3.8) is 0 Å². The van der Waals surface area contributed by atoms with Gasteiger partial charge in [0, 0.05) is 36.7 Å². The zero-order chi connectivity index (χ0) is 13.9. The highest BCUT2D eigenvalue weighted by molar-refractivity contribution is 5.96.